The van der Waals surface area contributed by atoms with Crippen molar-refractivity contribution in [1.82, 2.24) is 10.2 Å². The molecule has 142 valence electrons. The van der Waals surface area contributed by atoms with Crippen molar-refractivity contribution in [2.24, 2.45) is 5.92 Å². The van der Waals surface area contributed by atoms with Gasteiger partial charge in [-0.25, -0.2) is 0 Å². The first-order valence-corrected chi connectivity index (χ1v) is 9.85. The predicted octanol–water partition coefficient (Wildman–Crippen LogP) is 5.26. The van der Waals surface area contributed by atoms with Gasteiger partial charge in [-0.2, -0.15) is 0 Å². The topological polar surface area (TPSA) is 15.3 Å². The molecule has 3 heterocycles. The van der Waals surface area contributed by atoms with Crippen LogP contribution in [-0.4, -0.2) is 30.6 Å². The number of benzene rings is 2. The molecule has 5 rings (SSSR count). The average molecular weight is 458 g/mol. The highest BCUT2D eigenvalue weighted by molar-refractivity contribution is 9.10. The number of hydrogen-bond donors (Lipinski definition) is 1. The lowest BCUT2D eigenvalue weighted by molar-refractivity contribution is 0.0669. The third-order valence-electron chi connectivity index (χ3n) is 5.63. The smallest absolute Gasteiger partial charge is 0.0363 e. The number of halogens is 3. The van der Waals surface area contributed by atoms with Crippen LogP contribution in [0.2, 0.25) is 0 Å². The molecule has 3 aliphatic heterocycles. The largest absolute Gasteiger partial charge is 0.305 e. The zero-order valence-electron chi connectivity index (χ0n) is 14.8. The molecule has 0 amide bonds. The highest BCUT2D eigenvalue weighted by Gasteiger charge is 2.35. The van der Waals surface area contributed by atoms with E-state index in [1.54, 1.807) is 0 Å². The monoisotopic (exact) mass is 456 g/mol. The van der Waals surface area contributed by atoms with Crippen LogP contribution in [-0.2, 0) is 6.42 Å². The lowest BCUT2D eigenvalue weighted by Crippen LogP contribution is -2.56. The number of hydrogen-bond acceptors (Lipinski definition) is 2. The molecule has 0 spiro atoms. The van der Waals surface area contributed by atoms with E-state index in [1.165, 1.54) is 43.6 Å². The molecule has 0 aromatic heterocycles. The summed E-state index contributed by atoms with van der Waals surface area (Å²) in [7, 11) is 0. The Kier molecular flexibility index (Phi) is 8.43. The highest BCUT2D eigenvalue weighted by Crippen LogP contribution is 2.30. The van der Waals surface area contributed by atoms with E-state index in [0.29, 0.717) is 12.1 Å². The Balaban J connectivity index is 0.00000121. The Morgan fingerprint density at radius 3 is 2.19 bits per heavy atom. The van der Waals surface area contributed by atoms with Crippen LogP contribution >= 0.6 is 40.7 Å². The van der Waals surface area contributed by atoms with Crippen molar-refractivity contribution < 1.29 is 0 Å². The molecule has 0 aliphatic carbocycles. The van der Waals surface area contributed by atoms with E-state index in [0.717, 1.165) is 16.8 Å². The summed E-state index contributed by atoms with van der Waals surface area (Å²) in [6, 6.07) is 20.7. The number of fused-ring (bicyclic) bond motifs is 3. The van der Waals surface area contributed by atoms with Crippen molar-refractivity contribution in [3.05, 3.63) is 70.2 Å². The Hall–Kier alpha value is -0.580. The Morgan fingerprint density at radius 2 is 1.62 bits per heavy atom. The Morgan fingerprint density at radius 1 is 0.962 bits per heavy atom. The number of piperidine rings is 3. The van der Waals surface area contributed by atoms with E-state index in [1.807, 2.05) is 0 Å². The second kappa shape index (κ2) is 10.1. The zero-order chi connectivity index (χ0) is 16.4. The maximum absolute atomic E-state index is 4.01. The lowest BCUT2D eigenvalue weighted by atomic mass is 9.83. The molecule has 1 N–H and O–H groups in total. The molecule has 2 aromatic rings. The first-order valence-electron chi connectivity index (χ1n) is 9.06. The summed E-state index contributed by atoms with van der Waals surface area (Å²) in [5.41, 5.74) is 2.79. The molecule has 3 aliphatic rings. The standard InChI is InChI=1S/C21H25BrN2.2ClH/c22-19-8-6-17(7-9-19)20(14-16-4-2-1-3-5-16)23-21-15-24-12-10-18(21)11-13-24;;/h1-9,18,20-21,23H,10-15H2;2*1H. The highest BCUT2D eigenvalue weighted by atomic mass is 79.9. The van der Waals surface area contributed by atoms with E-state index in [4.69, 9.17) is 0 Å². The third kappa shape index (κ3) is 5.24. The van der Waals surface area contributed by atoms with Gasteiger partial charge < -0.3 is 10.2 Å². The molecule has 3 fully saturated rings. The van der Waals surface area contributed by atoms with Gasteiger partial charge in [0.2, 0.25) is 0 Å². The Bertz CT molecular complexity index is 657. The van der Waals surface area contributed by atoms with Crippen molar-refractivity contribution in [2.75, 3.05) is 19.6 Å². The number of rotatable bonds is 5. The van der Waals surface area contributed by atoms with E-state index in [-0.39, 0.29) is 24.8 Å². The van der Waals surface area contributed by atoms with Gasteiger partial charge in [0.1, 0.15) is 0 Å². The molecular weight excluding hydrogens is 431 g/mol. The zero-order valence-corrected chi connectivity index (χ0v) is 18.0. The minimum atomic E-state index is 0. The maximum Gasteiger partial charge on any atom is 0.0363 e. The van der Waals surface area contributed by atoms with Crippen LogP contribution in [0.1, 0.15) is 30.0 Å². The van der Waals surface area contributed by atoms with Crippen molar-refractivity contribution in [2.45, 2.75) is 31.3 Å². The average Bonchev–Trinajstić information content (AvgIpc) is 2.64. The van der Waals surface area contributed by atoms with Gasteiger partial charge in [-0.05, 0) is 61.5 Å². The number of nitrogens with one attached hydrogen (secondary N) is 1. The fourth-order valence-electron chi connectivity index (χ4n) is 4.23. The molecular formula is C21H27BrCl2N2. The van der Waals surface area contributed by atoms with Crippen molar-refractivity contribution in [3.63, 3.8) is 0 Å². The minimum absolute atomic E-state index is 0. The van der Waals surface area contributed by atoms with Crippen molar-refractivity contribution >= 4 is 40.7 Å². The van der Waals surface area contributed by atoms with Gasteiger partial charge >= 0.3 is 0 Å². The van der Waals surface area contributed by atoms with Crippen LogP contribution in [0, 0.1) is 5.92 Å². The normalized spacial score (nSPS) is 25.0. The van der Waals surface area contributed by atoms with Crippen LogP contribution in [0.3, 0.4) is 0 Å². The molecule has 2 aromatic carbocycles. The van der Waals surface area contributed by atoms with Crippen molar-refractivity contribution in [3.8, 4) is 0 Å². The summed E-state index contributed by atoms with van der Waals surface area (Å²) in [5.74, 6) is 0.851. The van der Waals surface area contributed by atoms with Gasteiger partial charge in [0.15, 0.2) is 0 Å². The summed E-state index contributed by atoms with van der Waals surface area (Å²) in [6.45, 7) is 3.81. The molecule has 2 unspecified atom stereocenters. The summed E-state index contributed by atoms with van der Waals surface area (Å²) in [6.07, 6.45) is 3.76. The van der Waals surface area contributed by atoms with Crippen LogP contribution < -0.4 is 5.32 Å². The third-order valence-corrected chi connectivity index (χ3v) is 6.16. The number of nitrogens with zero attached hydrogens (tertiary/aromatic N) is 1. The summed E-state index contributed by atoms with van der Waals surface area (Å²) >= 11 is 3.56. The van der Waals surface area contributed by atoms with Gasteiger partial charge in [-0.15, -0.1) is 24.8 Å². The summed E-state index contributed by atoms with van der Waals surface area (Å²) in [5, 5.41) is 4.01. The van der Waals surface area contributed by atoms with E-state index in [2.05, 4.69) is 80.7 Å². The fourth-order valence-corrected chi connectivity index (χ4v) is 4.49. The summed E-state index contributed by atoms with van der Waals surface area (Å²) < 4.78 is 1.15. The minimum Gasteiger partial charge on any atom is -0.305 e. The Labute approximate surface area is 177 Å². The van der Waals surface area contributed by atoms with Gasteiger partial charge in [-0.1, -0.05) is 58.4 Å². The van der Waals surface area contributed by atoms with Crippen molar-refractivity contribution in [1.29, 1.82) is 0 Å². The molecule has 0 radical (unpaired) electrons. The van der Waals surface area contributed by atoms with Gasteiger partial charge in [-0.3, -0.25) is 0 Å². The molecule has 2 bridgehead atoms. The molecule has 0 saturated carbocycles. The van der Waals surface area contributed by atoms with Crippen LogP contribution in [0.25, 0.3) is 0 Å². The molecule has 2 nitrogen and oxygen atoms in total. The molecule has 5 heteroatoms. The first kappa shape index (κ1) is 21.7. The van der Waals surface area contributed by atoms with Crippen LogP contribution in [0.4, 0.5) is 0 Å². The van der Waals surface area contributed by atoms with Gasteiger partial charge in [0, 0.05) is 23.1 Å². The van der Waals surface area contributed by atoms with E-state index >= 15 is 0 Å². The predicted molar refractivity (Wildman–Crippen MR) is 118 cm³/mol. The lowest BCUT2D eigenvalue weighted by Gasteiger charge is -2.46. The summed E-state index contributed by atoms with van der Waals surface area (Å²) in [4.78, 5) is 2.62. The maximum atomic E-state index is 4.01. The van der Waals surface area contributed by atoms with E-state index in [9.17, 15) is 0 Å². The second-order valence-corrected chi connectivity index (χ2v) is 8.12. The first-order chi connectivity index (χ1) is 11.8. The van der Waals surface area contributed by atoms with Gasteiger partial charge in [0.25, 0.3) is 0 Å². The van der Waals surface area contributed by atoms with Gasteiger partial charge in [0.05, 0.1) is 0 Å². The quantitative estimate of drug-likeness (QED) is 0.658. The van der Waals surface area contributed by atoms with E-state index < -0.39 is 0 Å². The van der Waals surface area contributed by atoms with Crippen LogP contribution in [0.15, 0.2) is 59.1 Å². The van der Waals surface area contributed by atoms with Crippen LogP contribution in [0.5, 0.6) is 0 Å². The molecule has 2 atom stereocenters. The fraction of sp³-hybridized carbons (Fsp3) is 0.429. The SMILES string of the molecule is Brc1ccc(C(Cc2ccccc2)NC2CN3CCC2CC3)cc1.Cl.Cl. The molecule has 26 heavy (non-hydrogen) atoms. The second-order valence-electron chi connectivity index (χ2n) is 7.21. The molecule has 3 saturated heterocycles.